The van der Waals surface area contributed by atoms with Crippen LogP contribution in [0.25, 0.3) is 11.3 Å². The zero-order valence-electron chi connectivity index (χ0n) is 8.81. The van der Waals surface area contributed by atoms with Crippen LogP contribution in [0.15, 0.2) is 30.6 Å². The molecule has 0 amide bonds. The third kappa shape index (κ3) is 2.13. The van der Waals surface area contributed by atoms with Gasteiger partial charge in [0.05, 0.1) is 11.9 Å². The summed E-state index contributed by atoms with van der Waals surface area (Å²) in [4.78, 5) is 3.68. The highest BCUT2D eigenvalue weighted by Crippen LogP contribution is 2.19. The van der Waals surface area contributed by atoms with E-state index in [1.807, 2.05) is 6.92 Å². The molecule has 0 saturated carbocycles. The third-order valence-corrected chi connectivity index (χ3v) is 2.07. The van der Waals surface area contributed by atoms with Gasteiger partial charge >= 0.3 is 0 Å². The molecule has 0 radical (unpaired) electrons. The zero-order valence-corrected chi connectivity index (χ0v) is 8.81. The van der Waals surface area contributed by atoms with Gasteiger partial charge in [-0.2, -0.15) is 0 Å². The van der Waals surface area contributed by atoms with Crippen molar-refractivity contribution in [2.45, 2.75) is 6.92 Å². The molecular weight excluding hydrogens is 207 g/mol. The van der Waals surface area contributed by atoms with Crippen molar-refractivity contribution in [1.82, 2.24) is 15.2 Å². The maximum atomic E-state index is 13.4. The number of hydrogen-bond acceptors (Lipinski definition) is 4. The predicted molar refractivity (Wildman–Crippen MR) is 59.4 cm³/mol. The van der Waals surface area contributed by atoms with Crippen molar-refractivity contribution in [2.24, 2.45) is 0 Å². The van der Waals surface area contributed by atoms with Crippen LogP contribution in [0.2, 0.25) is 0 Å². The lowest BCUT2D eigenvalue weighted by Gasteiger charge is -2.03. The molecule has 82 valence electrons. The summed E-state index contributed by atoms with van der Waals surface area (Å²) in [7, 11) is 0. The van der Waals surface area contributed by atoms with Crippen LogP contribution >= 0.6 is 0 Å². The minimum atomic E-state index is -0.395. The molecule has 0 spiro atoms. The lowest BCUT2D eigenvalue weighted by Crippen LogP contribution is -2.01. The van der Waals surface area contributed by atoms with Gasteiger partial charge in [0.15, 0.2) is 5.82 Å². The quantitative estimate of drug-likeness (QED) is 0.857. The van der Waals surface area contributed by atoms with Crippen LogP contribution in [0.5, 0.6) is 0 Å². The van der Waals surface area contributed by atoms with E-state index in [1.54, 1.807) is 18.2 Å². The number of rotatable bonds is 3. The van der Waals surface area contributed by atoms with Crippen molar-refractivity contribution in [1.29, 1.82) is 0 Å². The highest BCUT2D eigenvalue weighted by molar-refractivity contribution is 5.59. The van der Waals surface area contributed by atoms with Gasteiger partial charge < -0.3 is 5.32 Å². The molecule has 2 heterocycles. The molecule has 1 N–H and O–H groups in total. The Hall–Kier alpha value is -2.04. The molecule has 4 nitrogen and oxygen atoms in total. The van der Waals surface area contributed by atoms with Crippen LogP contribution in [-0.2, 0) is 0 Å². The van der Waals surface area contributed by atoms with Crippen LogP contribution in [-0.4, -0.2) is 21.7 Å². The first kappa shape index (κ1) is 10.5. The summed E-state index contributed by atoms with van der Waals surface area (Å²) >= 11 is 0. The summed E-state index contributed by atoms with van der Waals surface area (Å²) in [6, 6.07) is 5.07. The Labute approximate surface area is 92.6 Å². The second-order valence-electron chi connectivity index (χ2n) is 3.19. The van der Waals surface area contributed by atoms with Crippen LogP contribution < -0.4 is 5.32 Å². The fourth-order valence-electron chi connectivity index (χ4n) is 1.33. The van der Waals surface area contributed by atoms with E-state index in [1.165, 1.54) is 6.20 Å². The third-order valence-electron chi connectivity index (χ3n) is 2.07. The van der Waals surface area contributed by atoms with Crippen molar-refractivity contribution >= 4 is 5.82 Å². The maximum absolute atomic E-state index is 13.4. The van der Waals surface area contributed by atoms with Gasteiger partial charge in [0, 0.05) is 18.3 Å². The van der Waals surface area contributed by atoms with Crippen molar-refractivity contribution in [2.75, 3.05) is 11.9 Å². The molecule has 5 heteroatoms. The number of anilines is 1. The van der Waals surface area contributed by atoms with Crippen molar-refractivity contribution in [3.05, 3.63) is 36.4 Å². The lowest BCUT2D eigenvalue weighted by atomic mass is 10.2. The van der Waals surface area contributed by atoms with Crippen LogP contribution in [0.3, 0.4) is 0 Å². The Bertz CT molecular complexity index is 470. The maximum Gasteiger partial charge on any atom is 0.150 e. The van der Waals surface area contributed by atoms with Gasteiger partial charge in [0.25, 0.3) is 0 Å². The topological polar surface area (TPSA) is 50.7 Å². The first-order valence-electron chi connectivity index (χ1n) is 4.98. The average Bonchev–Trinajstić information content (AvgIpc) is 2.31. The van der Waals surface area contributed by atoms with Gasteiger partial charge in [-0.1, -0.05) is 0 Å². The molecule has 2 aromatic rings. The minimum absolute atomic E-state index is 0.395. The molecule has 2 rings (SSSR count). The molecule has 0 aromatic carbocycles. The average molecular weight is 218 g/mol. The van der Waals surface area contributed by atoms with Crippen molar-refractivity contribution < 1.29 is 4.39 Å². The fourth-order valence-corrected chi connectivity index (χ4v) is 1.33. The molecule has 16 heavy (non-hydrogen) atoms. The number of nitrogens with one attached hydrogen (secondary N) is 1. The van der Waals surface area contributed by atoms with E-state index < -0.39 is 5.82 Å². The molecule has 0 saturated heterocycles. The van der Waals surface area contributed by atoms with E-state index in [0.717, 1.165) is 12.7 Å². The molecule has 0 aliphatic rings. The SMILES string of the molecule is CCNc1ccc(-c2ccncc2F)nn1. The van der Waals surface area contributed by atoms with Gasteiger partial charge in [-0.3, -0.25) is 4.98 Å². The number of halogens is 1. The normalized spacial score (nSPS) is 10.1. The number of nitrogens with zero attached hydrogens (tertiary/aromatic N) is 3. The van der Waals surface area contributed by atoms with Gasteiger partial charge in [-0.25, -0.2) is 4.39 Å². The number of aromatic nitrogens is 3. The van der Waals surface area contributed by atoms with E-state index in [9.17, 15) is 4.39 Å². The summed E-state index contributed by atoms with van der Waals surface area (Å²) in [6.45, 7) is 2.75. The lowest BCUT2D eigenvalue weighted by molar-refractivity contribution is 0.624. The largest absolute Gasteiger partial charge is 0.369 e. The molecule has 0 aliphatic carbocycles. The molecule has 0 unspecified atom stereocenters. The highest BCUT2D eigenvalue weighted by Gasteiger charge is 2.06. The number of pyridine rings is 1. The first-order chi connectivity index (χ1) is 7.81. The molecule has 0 aliphatic heterocycles. The van der Waals surface area contributed by atoms with Crippen molar-refractivity contribution in [3.8, 4) is 11.3 Å². The van der Waals surface area contributed by atoms with E-state index in [0.29, 0.717) is 17.1 Å². The van der Waals surface area contributed by atoms with E-state index in [2.05, 4.69) is 20.5 Å². The fraction of sp³-hybridized carbons (Fsp3) is 0.182. The standard InChI is InChI=1S/C11H11FN4/c1-2-14-11-4-3-10(15-16-11)8-5-6-13-7-9(8)12/h3-7H,2H2,1H3,(H,14,16). The smallest absolute Gasteiger partial charge is 0.150 e. The van der Waals surface area contributed by atoms with Gasteiger partial charge in [0.1, 0.15) is 5.82 Å². The molecule has 0 atom stereocenters. The second kappa shape index (κ2) is 4.65. The Kier molecular flexibility index (Phi) is 3.05. The number of hydrogen-bond donors (Lipinski definition) is 1. The molecular formula is C11H11FN4. The Morgan fingerprint density at radius 3 is 2.75 bits per heavy atom. The monoisotopic (exact) mass is 218 g/mol. The van der Waals surface area contributed by atoms with Crippen molar-refractivity contribution in [3.63, 3.8) is 0 Å². The summed E-state index contributed by atoms with van der Waals surface area (Å²) in [5.74, 6) is 0.286. The Balaban J connectivity index is 2.31. The predicted octanol–water partition coefficient (Wildman–Crippen LogP) is 2.11. The van der Waals surface area contributed by atoms with Crippen LogP contribution in [0, 0.1) is 5.82 Å². The van der Waals surface area contributed by atoms with Gasteiger partial charge in [-0.15, -0.1) is 10.2 Å². The first-order valence-corrected chi connectivity index (χ1v) is 4.98. The summed E-state index contributed by atoms with van der Waals surface area (Å²) < 4.78 is 13.4. The minimum Gasteiger partial charge on any atom is -0.369 e. The zero-order chi connectivity index (χ0) is 11.4. The van der Waals surface area contributed by atoms with E-state index in [-0.39, 0.29) is 0 Å². The van der Waals surface area contributed by atoms with Crippen LogP contribution in [0.1, 0.15) is 6.92 Å². The van der Waals surface area contributed by atoms with E-state index in [4.69, 9.17) is 0 Å². The Morgan fingerprint density at radius 2 is 2.12 bits per heavy atom. The molecule has 2 aromatic heterocycles. The summed E-state index contributed by atoms with van der Waals surface area (Å²) in [5.41, 5.74) is 0.909. The molecule has 0 fully saturated rings. The van der Waals surface area contributed by atoms with Gasteiger partial charge in [-0.05, 0) is 25.1 Å². The second-order valence-corrected chi connectivity index (χ2v) is 3.19. The summed E-state index contributed by atoms with van der Waals surface area (Å²) in [5, 5.41) is 10.9. The highest BCUT2D eigenvalue weighted by atomic mass is 19.1. The van der Waals surface area contributed by atoms with E-state index >= 15 is 0 Å². The van der Waals surface area contributed by atoms with Gasteiger partial charge in [0.2, 0.25) is 0 Å². The summed E-state index contributed by atoms with van der Waals surface area (Å²) in [6.07, 6.45) is 2.69. The molecule has 0 bridgehead atoms. The Morgan fingerprint density at radius 1 is 1.25 bits per heavy atom. The van der Waals surface area contributed by atoms with Crippen LogP contribution in [0.4, 0.5) is 10.2 Å².